The van der Waals surface area contributed by atoms with Crippen molar-refractivity contribution in [2.75, 3.05) is 44.7 Å². The highest BCUT2D eigenvalue weighted by Crippen LogP contribution is 2.39. The summed E-state index contributed by atoms with van der Waals surface area (Å²) in [5, 5.41) is 42.8. The number of anilines is 1. The highest BCUT2D eigenvalue weighted by Gasteiger charge is 2.22. The topological polar surface area (TPSA) is 132 Å². The molecule has 10 nitrogen and oxygen atoms in total. The van der Waals surface area contributed by atoms with Gasteiger partial charge in [0.2, 0.25) is 0 Å². The molecule has 39 heavy (non-hydrogen) atoms. The lowest BCUT2D eigenvalue weighted by Gasteiger charge is -2.26. The van der Waals surface area contributed by atoms with E-state index in [-0.39, 0.29) is 11.5 Å². The van der Waals surface area contributed by atoms with Gasteiger partial charge >= 0.3 is 0 Å². The van der Waals surface area contributed by atoms with Crippen LogP contribution in [0.25, 0.3) is 22.5 Å². The van der Waals surface area contributed by atoms with E-state index in [1.807, 2.05) is 37.3 Å². The molecule has 1 aliphatic heterocycles. The van der Waals surface area contributed by atoms with Crippen LogP contribution < -0.4 is 5.32 Å². The summed E-state index contributed by atoms with van der Waals surface area (Å²) < 4.78 is 7.12. The van der Waals surface area contributed by atoms with Gasteiger partial charge in [-0.05, 0) is 41.8 Å². The first-order chi connectivity index (χ1) is 19.1. The molecule has 0 amide bonds. The normalized spacial score (nSPS) is 13.7. The summed E-state index contributed by atoms with van der Waals surface area (Å²) in [4.78, 5) is 6.98. The fourth-order valence-electron chi connectivity index (χ4n) is 4.72. The van der Waals surface area contributed by atoms with Crippen molar-refractivity contribution in [3.8, 4) is 40.1 Å². The standard InChI is InChI=1S/C29H31N7O3/c1-2-20-15-24(26(38)16-25(20)37)28-29(36(34-33-28)19-23-6-4-3-5-21(23)17-30)22-7-8-27(32-18-22)31-9-10-35-11-13-39-14-12-35/h3-8,15-16,18,37-38H,2,9-14,19H2,1H3,(H,31,32). The highest BCUT2D eigenvalue weighted by molar-refractivity contribution is 5.82. The molecule has 0 spiro atoms. The van der Waals surface area contributed by atoms with Gasteiger partial charge in [0.15, 0.2) is 0 Å². The smallest absolute Gasteiger partial charge is 0.128 e. The van der Waals surface area contributed by atoms with Crippen molar-refractivity contribution in [1.29, 1.82) is 5.26 Å². The number of aromatic nitrogens is 4. The second-order valence-corrected chi connectivity index (χ2v) is 9.38. The Labute approximate surface area is 227 Å². The lowest BCUT2D eigenvalue weighted by atomic mass is 10.0. The Hall–Kier alpha value is -4.46. The van der Waals surface area contributed by atoms with Crippen LogP contribution in [0.1, 0.15) is 23.6 Å². The van der Waals surface area contributed by atoms with Gasteiger partial charge in [-0.1, -0.05) is 30.3 Å². The van der Waals surface area contributed by atoms with E-state index >= 15 is 0 Å². The molecule has 2 aromatic heterocycles. The molecule has 1 aliphatic rings. The summed E-state index contributed by atoms with van der Waals surface area (Å²) in [5.41, 5.74) is 4.39. The SMILES string of the molecule is CCc1cc(-c2nnn(Cc3ccccc3C#N)c2-c2ccc(NCCN3CCOCC3)nc2)c(O)cc1O. The van der Waals surface area contributed by atoms with Crippen LogP contribution in [-0.4, -0.2) is 74.5 Å². The van der Waals surface area contributed by atoms with E-state index in [2.05, 4.69) is 31.6 Å². The summed E-state index contributed by atoms with van der Waals surface area (Å²) in [7, 11) is 0. The number of hydrogen-bond acceptors (Lipinski definition) is 9. The molecule has 0 unspecified atom stereocenters. The number of hydrogen-bond donors (Lipinski definition) is 3. The second-order valence-electron chi connectivity index (χ2n) is 9.38. The number of ether oxygens (including phenoxy) is 1. The van der Waals surface area contributed by atoms with Crippen molar-refractivity contribution < 1.29 is 14.9 Å². The van der Waals surface area contributed by atoms with Gasteiger partial charge in [0.05, 0.1) is 37.1 Å². The van der Waals surface area contributed by atoms with E-state index < -0.39 is 0 Å². The molecule has 3 N–H and O–H groups in total. The Morgan fingerprint density at radius 3 is 2.62 bits per heavy atom. The van der Waals surface area contributed by atoms with Crippen LogP contribution in [0.15, 0.2) is 54.7 Å². The minimum absolute atomic E-state index is 0.0322. The van der Waals surface area contributed by atoms with Gasteiger partial charge in [0.25, 0.3) is 0 Å². The quantitative estimate of drug-likeness (QED) is 0.300. The molecule has 10 heteroatoms. The number of aryl methyl sites for hydroxylation is 1. The van der Waals surface area contributed by atoms with Crippen LogP contribution >= 0.6 is 0 Å². The lowest BCUT2D eigenvalue weighted by molar-refractivity contribution is 0.0398. The summed E-state index contributed by atoms with van der Waals surface area (Å²) in [5.74, 6) is 0.692. The third-order valence-electron chi connectivity index (χ3n) is 6.90. The molecule has 5 rings (SSSR count). The Morgan fingerprint density at radius 2 is 1.87 bits per heavy atom. The number of morpholine rings is 1. The molecule has 4 aromatic rings. The molecule has 0 saturated carbocycles. The van der Waals surface area contributed by atoms with Crippen LogP contribution in [0.3, 0.4) is 0 Å². The third-order valence-corrected chi connectivity index (χ3v) is 6.90. The van der Waals surface area contributed by atoms with Gasteiger partial charge in [-0.15, -0.1) is 5.10 Å². The molecule has 1 saturated heterocycles. The minimum Gasteiger partial charge on any atom is -0.508 e. The Bertz CT molecular complexity index is 1470. The molecular formula is C29H31N7O3. The number of nitrogens with one attached hydrogen (secondary N) is 1. The third kappa shape index (κ3) is 5.85. The summed E-state index contributed by atoms with van der Waals surface area (Å²) in [6.45, 7) is 7.33. The number of nitriles is 1. The second kappa shape index (κ2) is 11.9. The van der Waals surface area contributed by atoms with E-state index in [4.69, 9.17) is 4.74 Å². The number of rotatable bonds is 9. The van der Waals surface area contributed by atoms with Crippen molar-refractivity contribution in [2.45, 2.75) is 19.9 Å². The average Bonchev–Trinajstić information content (AvgIpc) is 3.37. The largest absolute Gasteiger partial charge is 0.508 e. The van der Waals surface area contributed by atoms with Crippen molar-refractivity contribution >= 4 is 5.82 Å². The maximum Gasteiger partial charge on any atom is 0.128 e. The van der Waals surface area contributed by atoms with Gasteiger partial charge in [-0.3, -0.25) is 4.90 Å². The lowest BCUT2D eigenvalue weighted by Crippen LogP contribution is -2.39. The highest BCUT2D eigenvalue weighted by atomic mass is 16.5. The number of phenols is 2. The van der Waals surface area contributed by atoms with Gasteiger partial charge < -0.3 is 20.3 Å². The van der Waals surface area contributed by atoms with Crippen molar-refractivity contribution in [1.82, 2.24) is 24.9 Å². The number of nitrogens with zero attached hydrogens (tertiary/aromatic N) is 6. The average molecular weight is 526 g/mol. The molecule has 3 heterocycles. The van der Waals surface area contributed by atoms with Crippen molar-refractivity contribution in [3.63, 3.8) is 0 Å². The fourth-order valence-corrected chi connectivity index (χ4v) is 4.72. The van der Waals surface area contributed by atoms with Gasteiger partial charge in [0.1, 0.15) is 23.0 Å². The predicted molar refractivity (Wildman–Crippen MR) is 147 cm³/mol. The van der Waals surface area contributed by atoms with Gasteiger partial charge in [0, 0.05) is 49.6 Å². The van der Waals surface area contributed by atoms with E-state index in [1.54, 1.807) is 23.0 Å². The molecule has 0 bridgehead atoms. The van der Waals surface area contributed by atoms with Gasteiger partial charge in [-0.25, -0.2) is 9.67 Å². The maximum absolute atomic E-state index is 10.7. The molecule has 0 radical (unpaired) electrons. The minimum atomic E-state index is -0.0928. The Morgan fingerprint density at radius 1 is 1.05 bits per heavy atom. The molecule has 0 aliphatic carbocycles. The van der Waals surface area contributed by atoms with Crippen LogP contribution in [0.5, 0.6) is 11.5 Å². The van der Waals surface area contributed by atoms with E-state index in [0.29, 0.717) is 41.0 Å². The van der Waals surface area contributed by atoms with Gasteiger partial charge in [-0.2, -0.15) is 5.26 Å². The zero-order chi connectivity index (χ0) is 27.2. The fraction of sp³-hybridized carbons (Fsp3) is 0.310. The number of phenolic OH excluding ortho intramolecular Hbond substituents is 2. The first kappa shape index (κ1) is 26.2. The first-order valence-corrected chi connectivity index (χ1v) is 13.0. The zero-order valence-corrected chi connectivity index (χ0v) is 21.8. The Kier molecular flexibility index (Phi) is 8.01. The van der Waals surface area contributed by atoms with Crippen LogP contribution in [0, 0.1) is 11.3 Å². The summed E-state index contributed by atoms with van der Waals surface area (Å²) in [6.07, 6.45) is 2.34. The first-order valence-electron chi connectivity index (χ1n) is 13.0. The van der Waals surface area contributed by atoms with E-state index in [9.17, 15) is 15.5 Å². The van der Waals surface area contributed by atoms with E-state index in [0.717, 1.165) is 56.3 Å². The Balaban J connectivity index is 1.47. The molecule has 1 fully saturated rings. The summed E-state index contributed by atoms with van der Waals surface area (Å²) in [6, 6.07) is 16.5. The molecule has 0 atom stereocenters. The van der Waals surface area contributed by atoms with Crippen molar-refractivity contribution in [3.05, 3.63) is 71.4 Å². The number of aromatic hydroxyl groups is 2. The monoisotopic (exact) mass is 525 g/mol. The van der Waals surface area contributed by atoms with Crippen LogP contribution in [-0.2, 0) is 17.7 Å². The molecular weight excluding hydrogens is 494 g/mol. The van der Waals surface area contributed by atoms with Crippen LogP contribution in [0.2, 0.25) is 0 Å². The zero-order valence-electron chi connectivity index (χ0n) is 21.8. The van der Waals surface area contributed by atoms with Crippen LogP contribution in [0.4, 0.5) is 5.82 Å². The number of pyridine rings is 1. The molecule has 200 valence electrons. The predicted octanol–water partition coefficient (Wildman–Crippen LogP) is 3.64. The number of benzene rings is 2. The maximum atomic E-state index is 10.7. The van der Waals surface area contributed by atoms with E-state index in [1.165, 1.54) is 6.07 Å². The molecule has 2 aromatic carbocycles. The van der Waals surface area contributed by atoms with Crippen molar-refractivity contribution in [2.24, 2.45) is 0 Å². The summed E-state index contributed by atoms with van der Waals surface area (Å²) >= 11 is 0.